The Hall–Kier alpha value is -2.35. The Kier molecular flexibility index (Phi) is 2.47. The molecule has 17 heavy (non-hydrogen) atoms. The van der Waals surface area contributed by atoms with E-state index >= 15 is 0 Å². The molecule has 0 atom stereocenters. The van der Waals surface area contributed by atoms with Crippen LogP contribution >= 0.6 is 0 Å². The summed E-state index contributed by atoms with van der Waals surface area (Å²) in [5, 5.41) is 0. The maximum Gasteiger partial charge on any atom is 0.0869 e. The molecule has 1 aliphatic heterocycles. The van der Waals surface area contributed by atoms with Crippen molar-refractivity contribution >= 4 is 23.3 Å². The lowest BCUT2D eigenvalue weighted by atomic mass is 10.2. The van der Waals surface area contributed by atoms with Crippen LogP contribution in [0.15, 0.2) is 71.9 Å². The molecule has 1 aliphatic rings. The molecule has 0 saturated heterocycles. The Morgan fingerprint density at radius 1 is 0.824 bits per heavy atom. The summed E-state index contributed by atoms with van der Waals surface area (Å²) in [5.41, 5.74) is 3.23. The van der Waals surface area contributed by atoms with Crippen LogP contribution < -0.4 is 4.90 Å². The molecule has 0 radical (unpaired) electrons. The van der Waals surface area contributed by atoms with Crippen LogP contribution in [0.3, 0.4) is 0 Å². The molecule has 0 amide bonds. The number of aliphatic imine (C=N–C) groups is 1. The van der Waals surface area contributed by atoms with Crippen molar-refractivity contribution in [2.75, 3.05) is 4.90 Å². The summed E-state index contributed by atoms with van der Waals surface area (Å²) in [6.45, 7) is 0. The summed E-state index contributed by atoms with van der Waals surface area (Å²) in [4.78, 5) is 6.55. The molecule has 2 aromatic carbocycles. The van der Waals surface area contributed by atoms with Crippen LogP contribution in [0.2, 0.25) is 0 Å². The lowest BCUT2D eigenvalue weighted by molar-refractivity contribution is 1.28. The van der Waals surface area contributed by atoms with E-state index in [0.717, 1.165) is 17.1 Å². The van der Waals surface area contributed by atoms with Crippen LogP contribution in [-0.2, 0) is 0 Å². The van der Waals surface area contributed by atoms with Crippen molar-refractivity contribution in [1.82, 2.24) is 0 Å². The summed E-state index contributed by atoms with van der Waals surface area (Å²) < 4.78 is 0. The van der Waals surface area contributed by atoms with Gasteiger partial charge in [0.25, 0.3) is 0 Å². The van der Waals surface area contributed by atoms with E-state index in [9.17, 15) is 0 Å². The molecule has 0 saturated carbocycles. The van der Waals surface area contributed by atoms with Crippen molar-refractivity contribution in [2.45, 2.75) is 0 Å². The maximum absolute atomic E-state index is 4.41. The fourth-order valence-electron chi connectivity index (χ4n) is 1.92. The molecule has 2 aromatic rings. The number of para-hydroxylation sites is 3. The zero-order valence-corrected chi connectivity index (χ0v) is 9.32. The Morgan fingerprint density at radius 3 is 2.47 bits per heavy atom. The minimum absolute atomic E-state index is 0.987. The van der Waals surface area contributed by atoms with E-state index in [4.69, 9.17) is 0 Å². The van der Waals surface area contributed by atoms with Crippen LogP contribution in [-0.4, -0.2) is 6.21 Å². The van der Waals surface area contributed by atoms with Crippen molar-refractivity contribution in [2.24, 2.45) is 4.99 Å². The van der Waals surface area contributed by atoms with Gasteiger partial charge in [0.15, 0.2) is 0 Å². The van der Waals surface area contributed by atoms with Crippen molar-refractivity contribution in [3.63, 3.8) is 0 Å². The van der Waals surface area contributed by atoms with Gasteiger partial charge in [-0.1, -0.05) is 30.3 Å². The number of hydrogen-bond acceptors (Lipinski definition) is 2. The highest BCUT2D eigenvalue weighted by molar-refractivity contribution is 5.85. The van der Waals surface area contributed by atoms with E-state index in [-0.39, 0.29) is 0 Å². The number of benzene rings is 2. The zero-order valence-electron chi connectivity index (χ0n) is 9.32. The summed E-state index contributed by atoms with van der Waals surface area (Å²) in [7, 11) is 0. The second kappa shape index (κ2) is 4.26. The molecule has 2 heteroatoms. The molecule has 0 fully saturated rings. The van der Waals surface area contributed by atoms with Gasteiger partial charge in [-0.15, -0.1) is 0 Å². The summed E-state index contributed by atoms with van der Waals surface area (Å²) in [5.74, 6) is 0. The predicted molar refractivity (Wildman–Crippen MR) is 72.3 cm³/mol. The third-order valence-electron chi connectivity index (χ3n) is 2.71. The number of nitrogens with zero attached hydrogens (tertiary/aromatic N) is 2. The number of hydrogen-bond donors (Lipinski definition) is 0. The Morgan fingerprint density at radius 2 is 1.59 bits per heavy atom. The molecule has 2 nitrogen and oxygen atoms in total. The van der Waals surface area contributed by atoms with E-state index in [1.807, 2.05) is 54.9 Å². The highest BCUT2D eigenvalue weighted by Gasteiger charge is 2.10. The number of allylic oxidation sites excluding steroid dienone is 1. The SMILES string of the molecule is C1=CN(c2ccccc2)c2ccccc2N=C1. The average Bonchev–Trinajstić information content (AvgIpc) is 2.62. The second-order valence-electron chi connectivity index (χ2n) is 3.81. The van der Waals surface area contributed by atoms with Gasteiger partial charge in [-0.25, -0.2) is 0 Å². The Labute approximate surface area is 101 Å². The van der Waals surface area contributed by atoms with Crippen molar-refractivity contribution in [1.29, 1.82) is 0 Å². The van der Waals surface area contributed by atoms with Gasteiger partial charge in [-0.3, -0.25) is 4.99 Å². The topological polar surface area (TPSA) is 15.6 Å². The first-order valence-electron chi connectivity index (χ1n) is 5.59. The van der Waals surface area contributed by atoms with E-state index in [2.05, 4.69) is 28.1 Å². The van der Waals surface area contributed by atoms with Gasteiger partial charge in [0, 0.05) is 18.1 Å². The minimum Gasteiger partial charge on any atom is -0.315 e. The lowest BCUT2D eigenvalue weighted by Crippen LogP contribution is -2.07. The largest absolute Gasteiger partial charge is 0.315 e. The first kappa shape index (κ1) is 9.85. The molecular weight excluding hydrogens is 208 g/mol. The van der Waals surface area contributed by atoms with Crippen LogP contribution in [0.4, 0.5) is 17.1 Å². The van der Waals surface area contributed by atoms with Gasteiger partial charge < -0.3 is 4.90 Å². The molecule has 0 spiro atoms. The van der Waals surface area contributed by atoms with E-state index in [0.29, 0.717) is 0 Å². The number of anilines is 2. The van der Waals surface area contributed by atoms with E-state index < -0.39 is 0 Å². The number of fused-ring (bicyclic) bond motifs is 1. The van der Waals surface area contributed by atoms with Gasteiger partial charge in [-0.05, 0) is 30.3 Å². The summed E-state index contributed by atoms with van der Waals surface area (Å²) >= 11 is 0. The molecule has 0 bridgehead atoms. The second-order valence-corrected chi connectivity index (χ2v) is 3.81. The van der Waals surface area contributed by atoms with Gasteiger partial charge in [0.2, 0.25) is 0 Å². The predicted octanol–water partition coefficient (Wildman–Crippen LogP) is 4.05. The molecular formula is C15H12N2. The maximum atomic E-state index is 4.41. The van der Waals surface area contributed by atoms with Crippen molar-refractivity contribution in [3.8, 4) is 0 Å². The molecule has 3 rings (SSSR count). The first-order chi connectivity index (χ1) is 8.45. The molecule has 0 aliphatic carbocycles. The van der Waals surface area contributed by atoms with Gasteiger partial charge in [0.05, 0.1) is 11.4 Å². The molecule has 0 aromatic heterocycles. The van der Waals surface area contributed by atoms with Crippen LogP contribution in [0.25, 0.3) is 0 Å². The average molecular weight is 220 g/mol. The monoisotopic (exact) mass is 220 g/mol. The van der Waals surface area contributed by atoms with Gasteiger partial charge in [0.1, 0.15) is 0 Å². The standard InChI is InChI=1S/C15H12N2/c1-2-7-13(8-3-1)17-12-6-11-16-14-9-4-5-10-15(14)17/h1-12H. The number of rotatable bonds is 1. The van der Waals surface area contributed by atoms with Gasteiger partial charge in [-0.2, -0.15) is 0 Å². The molecule has 82 valence electrons. The van der Waals surface area contributed by atoms with Crippen molar-refractivity contribution < 1.29 is 0 Å². The Bertz CT molecular complexity index is 570. The smallest absolute Gasteiger partial charge is 0.0869 e. The fraction of sp³-hybridized carbons (Fsp3) is 0. The van der Waals surface area contributed by atoms with Gasteiger partial charge >= 0.3 is 0 Å². The van der Waals surface area contributed by atoms with Crippen LogP contribution in [0, 0.1) is 0 Å². The minimum atomic E-state index is 0.987. The van der Waals surface area contributed by atoms with E-state index in [1.165, 1.54) is 0 Å². The molecule has 1 heterocycles. The summed E-state index contributed by atoms with van der Waals surface area (Å²) in [6.07, 6.45) is 5.80. The van der Waals surface area contributed by atoms with Crippen LogP contribution in [0.5, 0.6) is 0 Å². The van der Waals surface area contributed by atoms with Crippen LogP contribution in [0.1, 0.15) is 0 Å². The first-order valence-corrected chi connectivity index (χ1v) is 5.59. The molecule has 0 N–H and O–H groups in total. The van der Waals surface area contributed by atoms with E-state index in [1.54, 1.807) is 0 Å². The third kappa shape index (κ3) is 1.85. The lowest BCUT2D eigenvalue weighted by Gasteiger charge is -2.21. The fourth-order valence-corrected chi connectivity index (χ4v) is 1.92. The quantitative estimate of drug-likeness (QED) is 0.707. The highest BCUT2D eigenvalue weighted by Crippen LogP contribution is 2.34. The molecule has 0 unspecified atom stereocenters. The van der Waals surface area contributed by atoms with Crippen molar-refractivity contribution in [3.05, 3.63) is 66.9 Å². The third-order valence-corrected chi connectivity index (χ3v) is 2.71. The Balaban J connectivity index is 2.14. The zero-order chi connectivity index (χ0) is 11.5. The summed E-state index contributed by atoms with van der Waals surface area (Å²) in [6, 6.07) is 18.4. The normalized spacial score (nSPS) is 13.3. The highest BCUT2D eigenvalue weighted by atomic mass is 15.1.